The fourth-order valence-electron chi connectivity index (χ4n) is 1.72. The predicted octanol–water partition coefficient (Wildman–Crippen LogP) is 0.517. The van der Waals surface area contributed by atoms with Crippen LogP contribution in [0.1, 0.15) is 16.8 Å². The zero-order valence-corrected chi connectivity index (χ0v) is 8.65. The quantitative estimate of drug-likeness (QED) is 0.727. The smallest absolute Gasteiger partial charge is 0.255 e. The lowest BCUT2D eigenvalue weighted by molar-refractivity contribution is 0.0766. The maximum Gasteiger partial charge on any atom is 0.255 e. The average molecular weight is 205 g/mol. The van der Waals surface area contributed by atoms with E-state index in [0.717, 1.165) is 32.6 Å². The molecule has 0 bridgehead atoms. The number of pyridine rings is 1. The van der Waals surface area contributed by atoms with Gasteiger partial charge in [0, 0.05) is 32.0 Å². The molecular formula is C11H15N3O. The summed E-state index contributed by atoms with van der Waals surface area (Å²) in [5, 5.41) is 3.27. The zero-order valence-electron chi connectivity index (χ0n) is 8.65. The van der Waals surface area contributed by atoms with Crippen LogP contribution in [0.25, 0.3) is 0 Å². The van der Waals surface area contributed by atoms with E-state index in [0.29, 0.717) is 5.56 Å². The molecule has 1 fully saturated rings. The number of nitrogens with zero attached hydrogens (tertiary/aromatic N) is 2. The lowest BCUT2D eigenvalue weighted by Gasteiger charge is -2.19. The molecule has 0 radical (unpaired) electrons. The number of hydrogen-bond acceptors (Lipinski definition) is 3. The van der Waals surface area contributed by atoms with Crippen LogP contribution in [0.15, 0.2) is 24.5 Å². The number of carbonyl (C=O) groups excluding carboxylic acids is 1. The summed E-state index contributed by atoms with van der Waals surface area (Å²) in [6.07, 6.45) is 4.33. The molecule has 2 rings (SSSR count). The van der Waals surface area contributed by atoms with Gasteiger partial charge in [0.1, 0.15) is 0 Å². The van der Waals surface area contributed by atoms with Crippen LogP contribution in [0.3, 0.4) is 0 Å². The van der Waals surface area contributed by atoms with Crippen molar-refractivity contribution in [1.29, 1.82) is 0 Å². The Labute approximate surface area is 89.3 Å². The molecular weight excluding hydrogens is 190 g/mol. The summed E-state index contributed by atoms with van der Waals surface area (Å²) >= 11 is 0. The molecule has 1 amide bonds. The Hall–Kier alpha value is -1.42. The molecule has 1 aromatic rings. The van der Waals surface area contributed by atoms with Gasteiger partial charge in [0.15, 0.2) is 0 Å². The molecule has 0 saturated carbocycles. The van der Waals surface area contributed by atoms with Crippen LogP contribution in [-0.4, -0.2) is 42.0 Å². The van der Waals surface area contributed by atoms with Crippen LogP contribution in [0, 0.1) is 0 Å². The molecule has 0 aliphatic carbocycles. The van der Waals surface area contributed by atoms with Gasteiger partial charge in [0.2, 0.25) is 0 Å². The third-order valence-electron chi connectivity index (χ3n) is 2.54. The first-order chi connectivity index (χ1) is 7.38. The van der Waals surface area contributed by atoms with Crippen molar-refractivity contribution in [3.8, 4) is 0 Å². The normalized spacial score (nSPS) is 17.2. The summed E-state index contributed by atoms with van der Waals surface area (Å²) in [5.74, 6) is 0.0896. The van der Waals surface area contributed by atoms with Crippen molar-refractivity contribution in [2.45, 2.75) is 6.42 Å². The summed E-state index contributed by atoms with van der Waals surface area (Å²) in [7, 11) is 0. The Balaban J connectivity index is 2.06. The Morgan fingerprint density at radius 2 is 2.33 bits per heavy atom. The van der Waals surface area contributed by atoms with E-state index in [-0.39, 0.29) is 5.91 Å². The minimum atomic E-state index is 0.0896. The highest BCUT2D eigenvalue weighted by Crippen LogP contribution is 2.04. The standard InChI is InChI=1S/C11H15N3O/c15-11(10-3-1-4-13-9-10)14-7-2-5-12-6-8-14/h1,3-4,9,12H,2,5-8H2. The Kier molecular flexibility index (Phi) is 3.29. The molecule has 2 heterocycles. The van der Waals surface area contributed by atoms with Gasteiger partial charge in [-0.2, -0.15) is 0 Å². The molecule has 4 nitrogen and oxygen atoms in total. The lowest BCUT2D eigenvalue weighted by Crippen LogP contribution is -2.34. The minimum Gasteiger partial charge on any atom is -0.337 e. The first-order valence-corrected chi connectivity index (χ1v) is 5.28. The van der Waals surface area contributed by atoms with Gasteiger partial charge in [-0.1, -0.05) is 0 Å². The minimum absolute atomic E-state index is 0.0896. The van der Waals surface area contributed by atoms with Crippen molar-refractivity contribution >= 4 is 5.91 Å². The Morgan fingerprint density at radius 3 is 3.13 bits per heavy atom. The van der Waals surface area contributed by atoms with Crippen LogP contribution in [-0.2, 0) is 0 Å². The topological polar surface area (TPSA) is 45.2 Å². The third-order valence-corrected chi connectivity index (χ3v) is 2.54. The number of rotatable bonds is 1. The number of amides is 1. The van der Waals surface area contributed by atoms with E-state index in [1.807, 2.05) is 11.0 Å². The van der Waals surface area contributed by atoms with Gasteiger partial charge in [0.25, 0.3) is 5.91 Å². The molecule has 80 valence electrons. The highest BCUT2D eigenvalue weighted by molar-refractivity contribution is 5.93. The molecule has 1 aliphatic heterocycles. The van der Waals surface area contributed by atoms with Crippen LogP contribution in [0.5, 0.6) is 0 Å². The molecule has 1 saturated heterocycles. The fourth-order valence-corrected chi connectivity index (χ4v) is 1.72. The van der Waals surface area contributed by atoms with Gasteiger partial charge in [-0.25, -0.2) is 0 Å². The summed E-state index contributed by atoms with van der Waals surface area (Å²) in [6.45, 7) is 3.50. The molecule has 1 aromatic heterocycles. The maximum atomic E-state index is 12.0. The molecule has 0 unspecified atom stereocenters. The van der Waals surface area contributed by atoms with Gasteiger partial charge in [-0.15, -0.1) is 0 Å². The summed E-state index contributed by atoms with van der Waals surface area (Å²) in [6, 6.07) is 3.61. The van der Waals surface area contributed by atoms with Gasteiger partial charge >= 0.3 is 0 Å². The average Bonchev–Trinajstić information content (AvgIpc) is 2.58. The van der Waals surface area contributed by atoms with E-state index in [1.54, 1.807) is 18.5 Å². The number of hydrogen-bond donors (Lipinski definition) is 1. The molecule has 1 aliphatic rings. The van der Waals surface area contributed by atoms with E-state index in [2.05, 4.69) is 10.3 Å². The molecule has 15 heavy (non-hydrogen) atoms. The summed E-state index contributed by atoms with van der Waals surface area (Å²) in [5.41, 5.74) is 0.680. The van der Waals surface area contributed by atoms with Crippen molar-refractivity contribution in [1.82, 2.24) is 15.2 Å². The maximum absolute atomic E-state index is 12.0. The molecule has 0 aromatic carbocycles. The molecule has 4 heteroatoms. The first kappa shape index (κ1) is 10.1. The van der Waals surface area contributed by atoms with E-state index in [4.69, 9.17) is 0 Å². The van der Waals surface area contributed by atoms with Crippen molar-refractivity contribution in [3.05, 3.63) is 30.1 Å². The SMILES string of the molecule is O=C(c1cccnc1)N1CCCNCC1. The van der Waals surface area contributed by atoms with Gasteiger partial charge in [-0.05, 0) is 25.1 Å². The van der Waals surface area contributed by atoms with E-state index >= 15 is 0 Å². The molecule has 0 atom stereocenters. The first-order valence-electron chi connectivity index (χ1n) is 5.28. The fraction of sp³-hybridized carbons (Fsp3) is 0.455. The third kappa shape index (κ3) is 2.53. The number of nitrogens with one attached hydrogen (secondary N) is 1. The van der Waals surface area contributed by atoms with Gasteiger partial charge in [0.05, 0.1) is 5.56 Å². The summed E-state index contributed by atoms with van der Waals surface area (Å²) < 4.78 is 0. The Morgan fingerprint density at radius 1 is 1.40 bits per heavy atom. The second-order valence-electron chi connectivity index (χ2n) is 3.64. The van der Waals surface area contributed by atoms with E-state index in [1.165, 1.54) is 0 Å². The second-order valence-corrected chi connectivity index (χ2v) is 3.64. The monoisotopic (exact) mass is 205 g/mol. The Bertz CT molecular complexity index is 318. The van der Waals surface area contributed by atoms with Crippen molar-refractivity contribution in [2.24, 2.45) is 0 Å². The molecule has 0 spiro atoms. The second kappa shape index (κ2) is 4.89. The van der Waals surface area contributed by atoms with Gasteiger partial charge in [-0.3, -0.25) is 9.78 Å². The largest absolute Gasteiger partial charge is 0.337 e. The zero-order chi connectivity index (χ0) is 10.5. The highest BCUT2D eigenvalue weighted by atomic mass is 16.2. The van der Waals surface area contributed by atoms with E-state index in [9.17, 15) is 4.79 Å². The predicted molar refractivity (Wildman–Crippen MR) is 57.6 cm³/mol. The van der Waals surface area contributed by atoms with Crippen LogP contribution in [0.4, 0.5) is 0 Å². The summed E-state index contributed by atoms with van der Waals surface area (Å²) in [4.78, 5) is 17.9. The number of carbonyl (C=O) groups is 1. The number of aromatic nitrogens is 1. The van der Waals surface area contributed by atoms with Gasteiger partial charge < -0.3 is 10.2 Å². The highest BCUT2D eigenvalue weighted by Gasteiger charge is 2.16. The van der Waals surface area contributed by atoms with Crippen molar-refractivity contribution < 1.29 is 4.79 Å². The van der Waals surface area contributed by atoms with Crippen LogP contribution < -0.4 is 5.32 Å². The van der Waals surface area contributed by atoms with Crippen LogP contribution in [0.2, 0.25) is 0 Å². The van der Waals surface area contributed by atoms with Crippen molar-refractivity contribution in [3.63, 3.8) is 0 Å². The lowest BCUT2D eigenvalue weighted by atomic mass is 10.2. The molecule has 1 N–H and O–H groups in total. The van der Waals surface area contributed by atoms with E-state index < -0.39 is 0 Å². The van der Waals surface area contributed by atoms with Crippen LogP contribution >= 0.6 is 0 Å². The van der Waals surface area contributed by atoms with Crippen molar-refractivity contribution in [2.75, 3.05) is 26.2 Å².